The third kappa shape index (κ3) is 29.6. The van der Waals surface area contributed by atoms with Crippen molar-refractivity contribution >= 4 is 77.0 Å². The standard InChI is InChI=1S/C62H111N11O12.C21H26O3/c1-25-27-28-40(15)52(75)51-56(79)65-43(26-2)58(81)67(18)33-48(74)68(19)44(29-34(3)4)55(78)66-49(38(11)12)61(84)69(20)45(30-35(5)6)54(77)63-41(16)53(76)64-42(17)57(80)70(21)46(31-36(7)8)59(82)71(22)47(32-37(9)10)60(83)72(23)50(39(13)14)62(85)73(51)24;1-14(8-7-9-15(2)12-21(22)23)10-11-19-16(3)13-20(24-6)18(5)17(19)4/h25,27,34-47,49-52,75H,26,28-33H2,1-24H3,(H,63,77)(H,64,76)(H,65,79)(H,66,78);7-13H,1-6H3,(H,22,23)/b27-25+;9-7+,11-10+,14-8+,15-12+/t40-,41+,42-,43+,44+,45+,46+,47+,49+,50+,51+,52-;/m1./s1. The predicted octanol–water partition coefficient (Wildman–Crippen LogP) is 8.44. The third-order valence-corrected chi connectivity index (χ3v) is 20.0. The van der Waals surface area contributed by atoms with Crippen molar-refractivity contribution in [2.75, 3.05) is 63.0 Å². The molecule has 1 aliphatic rings. The minimum atomic E-state index is -1.61. The lowest BCUT2D eigenvalue weighted by molar-refractivity contribution is -0.157. The van der Waals surface area contributed by atoms with Crippen LogP contribution in [0.4, 0.5) is 0 Å². The quantitative estimate of drug-likeness (QED) is 0.0382. The minimum absolute atomic E-state index is 0.0229. The number of carbonyl (C=O) groups excluding carboxylic acids is 11. The maximum Gasteiger partial charge on any atom is 0.328 e. The zero-order chi connectivity index (χ0) is 84.3. The number of allylic oxidation sites excluding steroid dienone is 8. The highest BCUT2D eigenvalue weighted by atomic mass is 16.5. The number of amides is 11. The van der Waals surface area contributed by atoms with E-state index in [1.807, 2.05) is 80.5 Å². The summed E-state index contributed by atoms with van der Waals surface area (Å²) < 4.78 is 5.40. The van der Waals surface area contributed by atoms with Gasteiger partial charge >= 0.3 is 5.97 Å². The van der Waals surface area contributed by atoms with E-state index >= 15 is 9.59 Å². The number of aliphatic hydroxyl groups excluding tert-OH is 1. The van der Waals surface area contributed by atoms with Gasteiger partial charge in [0.05, 0.1) is 19.8 Å². The van der Waals surface area contributed by atoms with Crippen LogP contribution in [0.2, 0.25) is 0 Å². The molecule has 0 aliphatic carbocycles. The Morgan fingerprint density at radius 3 is 1.50 bits per heavy atom. The van der Waals surface area contributed by atoms with Gasteiger partial charge in [0.25, 0.3) is 0 Å². The molecule has 26 nitrogen and oxygen atoms in total. The number of nitrogens with one attached hydrogen (secondary N) is 4. The largest absolute Gasteiger partial charge is 0.496 e. The lowest BCUT2D eigenvalue weighted by Crippen LogP contribution is -2.63. The molecule has 26 heteroatoms. The van der Waals surface area contributed by atoms with Crippen molar-refractivity contribution in [3.05, 3.63) is 82.0 Å². The first-order valence-corrected chi connectivity index (χ1v) is 38.4. The van der Waals surface area contributed by atoms with Crippen molar-refractivity contribution in [1.29, 1.82) is 0 Å². The summed E-state index contributed by atoms with van der Waals surface area (Å²) in [5, 5.41) is 31.7. The summed E-state index contributed by atoms with van der Waals surface area (Å²) in [6, 6.07) is -10.3. The zero-order valence-corrected chi connectivity index (χ0v) is 71.4. The van der Waals surface area contributed by atoms with Gasteiger partial charge in [0, 0.05) is 55.4 Å². The van der Waals surface area contributed by atoms with Crippen LogP contribution in [0, 0.1) is 62.2 Å². The first-order valence-electron chi connectivity index (χ1n) is 38.4. The molecule has 0 radical (unpaired) electrons. The molecule has 109 heavy (non-hydrogen) atoms. The number of likely N-dealkylation sites (N-methyl/N-ethyl adjacent to an activating group) is 7. The van der Waals surface area contributed by atoms with Gasteiger partial charge in [-0.3, -0.25) is 52.7 Å². The number of carbonyl (C=O) groups is 12. The van der Waals surface area contributed by atoms with E-state index in [1.54, 1.807) is 74.7 Å². The van der Waals surface area contributed by atoms with Gasteiger partial charge in [-0.25, -0.2) is 4.79 Å². The number of aliphatic hydroxyl groups is 1. The van der Waals surface area contributed by atoms with E-state index < -0.39 is 162 Å². The molecular formula is C83H137N11O15. The molecule has 0 saturated carbocycles. The smallest absolute Gasteiger partial charge is 0.328 e. The Morgan fingerprint density at radius 2 is 1.02 bits per heavy atom. The molecular weight excluding hydrogens is 1390 g/mol. The topological polar surface area (TPSA) is 325 Å². The fourth-order valence-corrected chi connectivity index (χ4v) is 13.1. The Bertz CT molecular complexity index is 3440. The molecule has 1 aliphatic heterocycles. The molecule has 1 aromatic rings. The highest BCUT2D eigenvalue weighted by Crippen LogP contribution is 2.30. The van der Waals surface area contributed by atoms with Crippen LogP contribution in [0.5, 0.6) is 5.75 Å². The number of aryl methyl sites for hydroxylation is 1. The number of carboxylic acid groups (broad SMARTS) is 1. The van der Waals surface area contributed by atoms with Crippen LogP contribution in [-0.4, -0.2) is 245 Å². The predicted molar refractivity (Wildman–Crippen MR) is 429 cm³/mol. The fraction of sp³-hybridized carbons (Fsp3) is 0.663. The van der Waals surface area contributed by atoms with Crippen molar-refractivity contribution in [3.8, 4) is 5.75 Å². The number of rotatable bonds is 21. The molecule has 1 heterocycles. The number of aliphatic carboxylic acids is 1. The van der Waals surface area contributed by atoms with E-state index in [1.165, 1.54) is 110 Å². The average Bonchev–Trinajstić information content (AvgIpc) is 0.837. The molecule has 1 aromatic carbocycles. The summed E-state index contributed by atoms with van der Waals surface area (Å²) in [7, 11) is 11.6. The van der Waals surface area contributed by atoms with Crippen LogP contribution in [0.25, 0.3) is 6.08 Å². The maximum absolute atomic E-state index is 15.1. The number of benzene rings is 1. The number of hydrogen-bond acceptors (Lipinski definition) is 14. The highest BCUT2D eigenvalue weighted by Gasteiger charge is 2.46. The van der Waals surface area contributed by atoms with Gasteiger partial charge in [-0.2, -0.15) is 0 Å². The molecule has 0 unspecified atom stereocenters. The van der Waals surface area contributed by atoms with Crippen LogP contribution in [0.3, 0.4) is 0 Å². The van der Waals surface area contributed by atoms with Crippen LogP contribution < -0.4 is 26.0 Å². The molecule has 614 valence electrons. The van der Waals surface area contributed by atoms with Gasteiger partial charge in [0.2, 0.25) is 65.0 Å². The van der Waals surface area contributed by atoms with E-state index in [4.69, 9.17) is 9.84 Å². The van der Waals surface area contributed by atoms with Crippen molar-refractivity contribution in [2.45, 2.75) is 257 Å². The van der Waals surface area contributed by atoms with Crippen LogP contribution >= 0.6 is 0 Å². The molecule has 1 saturated heterocycles. The summed E-state index contributed by atoms with van der Waals surface area (Å²) in [5.74, 6) is -9.72. The van der Waals surface area contributed by atoms with E-state index in [9.17, 15) is 53.1 Å². The Balaban J connectivity index is 0.00000208. The van der Waals surface area contributed by atoms with E-state index in [0.29, 0.717) is 12.0 Å². The Morgan fingerprint density at radius 1 is 0.550 bits per heavy atom. The molecule has 1 fully saturated rings. The van der Waals surface area contributed by atoms with E-state index in [-0.39, 0.29) is 55.8 Å². The first kappa shape index (κ1) is 98.3. The Labute approximate surface area is 651 Å². The number of methoxy groups -OCH3 is 1. The van der Waals surface area contributed by atoms with Crippen molar-refractivity contribution in [2.24, 2.45) is 41.4 Å². The SMILES string of the molecule is C/C=C/C[C@@H](C)[C@@H](O)[C@H]1C(=O)N[C@@H](CC)C(=O)N(C)CC(=O)N(C)[C@@H](CC(C)C)C(=O)N[C@@H](C(C)C)C(=O)N(C)[C@@H](CC(C)C)C(=O)N[C@@H](C)C(=O)N[C@H](C)C(=O)N(C)[C@@H](CC(C)C)C(=O)N(C)[C@@H](CC(C)C)C(=O)N(C)[C@@H](C(C)C)C(=O)N1C.COc1cc(C)c(/C=C/C(C)=C/C=C/C(C)=C/C(=O)O)c(C)c1C. The van der Waals surface area contributed by atoms with Gasteiger partial charge in [0.15, 0.2) is 0 Å². The normalized spacial score (nSPS) is 23.9. The maximum atomic E-state index is 15.1. The Kier molecular flexibility index (Phi) is 41.6. The second-order valence-corrected chi connectivity index (χ2v) is 32.0. The number of ether oxygens (including phenoxy) is 1. The number of hydrogen-bond donors (Lipinski definition) is 6. The van der Waals surface area contributed by atoms with Crippen molar-refractivity contribution in [3.63, 3.8) is 0 Å². The van der Waals surface area contributed by atoms with Gasteiger partial charge in [0.1, 0.15) is 66.2 Å². The summed E-state index contributed by atoms with van der Waals surface area (Å²) in [6.07, 6.45) is 14.0. The van der Waals surface area contributed by atoms with Crippen LogP contribution in [0.1, 0.15) is 192 Å². The fourth-order valence-electron chi connectivity index (χ4n) is 13.1. The lowest BCUT2D eigenvalue weighted by Gasteiger charge is -2.41. The molecule has 2 rings (SSSR count). The molecule has 6 N–H and O–H groups in total. The summed E-state index contributed by atoms with van der Waals surface area (Å²) in [6.45, 7) is 39.3. The summed E-state index contributed by atoms with van der Waals surface area (Å²) >= 11 is 0. The van der Waals surface area contributed by atoms with E-state index in [2.05, 4.69) is 60.3 Å². The second-order valence-electron chi connectivity index (χ2n) is 32.0. The van der Waals surface area contributed by atoms with Crippen LogP contribution in [-0.2, 0) is 57.5 Å². The summed E-state index contributed by atoms with van der Waals surface area (Å²) in [5.41, 5.74) is 6.53. The molecule has 0 aromatic heterocycles. The van der Waals surface area contributed by atoms with E-state index in [0.717, 1.165) is 26.7 Å². The minimum Gasteiger partial charge on any atom is -0.496 e. The first-order chi connectivity index (χ1) is 50.5. The average molecular weight is 1530 g/mol. The Hall–Kier alpha value is -8.68. The highest BCUT2D eigenvalue weighted by molar-refractivity contribution is 6.00. The zero-order valence-electron chi connectivity index (χ0n) is 71.4. The van der Waals surface area contributed by atoms with Crippen molar-refractivity contribution in [1.82, 2.24) is 55.6 Å². The molecule has 11 amide bonds. The monoisotopic (exact) mass is 1530 g/mol. The number of nitrogens with zero attached hydrogens (tertiary/aromatic N) is 7. The molecule has 0 spiro atoms. The molecule has 12 atom stereocenters. The van der Waals surface area contributed by atoms with Gasteiger partial charge in [-0.05, 0) is 169 Å². The van der Waals surface area contributed by atoms with Crippen molar-refractivity contribution < 1.29 is 72.5 Å². The lowest BCUT2D eigenvalue weighted by atomic mass is 9.91. The van der Waals surface area contributed by atoms with Gasteiger partial charge < -0.3 is 70.5 Å². The second kappa shape index (κ2) is 46.1. The number of carboxylic acids is 1. The third-order valence-electron chi connectivity index (χ3n) is 20.0. The summed E-state index contributed by atoms with van der Waals surface area (Å²) in [4.78, 5) is 179. The van der Waals surface area contributed by atoms with Gasteiger partial charge in [-0.15, -0.1) is 0 Å². The molecule has 0 bridgehead atoms. The van der Waals surface area contributed by atoms with Crippen LogP contribution in [0.15, 0.2) is 59.7 Å². The van der Waals surface area contributed by atoms with Gasteiger partial charge in [-0.1, -0.05) is 145 Å².